The molecule has 3 rings (SSSR count). The van der Waals surface area contributed by atoms with Crippen molar-refractivity contribution in [3.05, 3.63) is 54.1 Å². The number of carboxylic acid groups (broad SMARTS) is 1. The van der Waals surface area contributed by atoms with Crippen LogP contribution in [0.1, 0.15) is 10.4 Å². The quantitative estimate of drug-likeness (QED) is 0.784. The largest absolute Gasteiger partial charge is 0.497 e. The summed E-state index contributed by atoms with van der Waals surface area (Å²) >= 11 is 0. The Morgan fingerprint density at radius 1 is 1.15 bits per heavy atom. The average molecular weight is 268 g/mol. The number of furan rings is 1. The third kappa shape index (κ3) is 2.01. The number of carboxylic acids is 1. The lowest BCUT2D eigenvalue weighted by Crippen LogP contribution is -1.95. The van der Waals surface area contributed by atoms with Gasteiger partial charge in [-0.1, -0.05) is 12.1 Å². The van der Waals surface area contributed by atoms with Gasteiger partial charge >= 0.3 is 5.97 Å². The SMILES string of the molecule is COc1ccc(-c2cc3cccc(C(=O)O)c3o2)cc1. The molecule has 3 aromatic rings. The fourth-order valence-corrected chi connectivity index (χ4v) is 2.13. The predicted octanol–water partition coefficient (Wildman–Crippen LogP) is 3.81. The minimum atomic E-state index is -0.994. The highest BCUT2D eigenvalue weighted by molar-refractivity contribution is 6.02. The highest BCUT2D eigenvalue weighted by Crippen LogP contribution is 2.30. The van der Waals surface area contributed by atoms with Gasteiger partial charge in [-0.25, -0.2) is 4.79 Å². The first-order valence-corrected chi connectivity index (χ1v) is 6.09. The minimum absolute atomic E-state index is 0.169. The van der Waals surface area contributed by atoms with Gasteiger partial charge in [0.25, 0.3) is 0 Å². The molecule has 0 spiro atoms. The summed E-state index contributed by atoms with van der Waals surface area (Å²) in [4.78, 5) is 11.2. The number of fused-ring (bicyclic) bond motifs is 1. The smallest absolute Gasteiger partial charge is 0.339 e. The third-order valence-corrected chi connectivity index (χ3v) is 3.15. The number of rotatable bonds is 3. The molecule has 0 saturated heterocycles. The van der Waals surface area contributed by atoms with Crippen LogP contribution in [-0.2, 0) is 0 Å². The Hall–Kier alpha value is -2.75. The van der Waals surface area contributed by atoms with Crippen LogP contribution in [-0.4, -0.2) is 18.2 Å². The Morgan fingerprint density at radius 2 is 1.90 bits per heavy atom. The summed E-state index contributed by atoms with van der Waals surface area (Å²) in [5.74, 6) is 0.402. The maximum atomic E-state index is 11.2. The van der Waals surface area contributed by atoms with Crippen molar-refractivity contribution in [3.63, 3.8) is 0 Å². The van der Waals surface area contributed by atoms with Crippen LogP contribution in [0.3, 0.4) is 0 Å². The molecular formula is C16H12O4. The van der Waals surface area contributed by atoms with Gasteiger partial charge in [0.05, 0.1) is 7.11 Å². The van der Waals surface area contributed by atoms with Crippen molar-refractivity contribution in [2.24, 2.45) is 0 Å². The van der Waals surface area contributed by atoms with Gasteiger partial charge in [-0.15, -0.1) is 0 Å². The van der Waals surface area contributed by atoms with Crippen molar-refractivity contribution in [1.29, 1.82) is 0 Å². The standard InChI is InChI=1S/C16H12O4/c1-19-12-7-5-10(6-8-12)14-9-11-3-2-4-13(16(17)18)15(11)20-14/h2-9H,1H3,(H,17,18). The Kier molecular flexibility index (Phi) is 2.91. The van der Waals surface area contributed by atoms with Gasteiger partial charge in [0, 0.05) is 10.9 Å². The summed E-state index contributed by atoms with van der Waals surface area (Å²) in [5.41, 5.74) is 1.44. The molecule has 2 aromatic carbocycles. The van der Waals surface area contributed by atoms with Crippen molar-refractivity contribution in [2.75, 3.05) is 7.11 Å². The molecule has 0 radical (unpaired) electrons. The lowest BCUT2D eigenvalue weighted by Gasteiger charge is -2.00. The Labute approximate surface area is 115 Å². The van der Waals surface area contributed by atoms with Gasteiger partial charge in [-0.05, 0) is 36.4 Å². The van der Waals surface area contributed by atoms with Crippen LogP contribution in [0.2, 0.25) is 0 Å². The monoisotopic (exact) mass is 268 g/mol. The molecule has 4 nitrogen and oxygen atoms in total. The van der Waals surface area contributed by atoms with Gasteiger partial charge in [0.1, 0.15) is 22.7 Å². The molecule has 0 fully saturated rings. The minimum Gasteiger partial charge on any atom is -0.497 e. The lowest BCUT2D eigenvalue weighted by molar-refractivity contribution is 0.0698. The van der Waals surface area contributed by atoms with Crippen LogP contribution in [0.5, 0.6) is 5.75 Å². The first-order chi connectivity index (χ1) is 9.69. The fourth-order valence-electron chi connectivity index (χ4n) is 2.13. The van der Waals surface area contributed by atoms with E-state index < -0.39 is 5.97 Å². The number of benzene rings is 2. The first kappa shape index (κ1) is 12.3. The van der Waals surface area contributed by atoms with Gasteiger partial charge in [-0.3, -0.25) is 0 Å². The van der Waals surface area contributed by atoms with E-state index in [0.717, 1.165) is 16.7 Å². The second kappa shape index (κ2) is 4.74. The van der Waals surface area contributed by atoms with E-state index >= 15 is 0 Å². The van der Waals surface area contributed by atoms with Crippen molar-refractivity contribution in [3.8, 4) is 17.1 Å². The third-order valence-electron chi connectivity index (χ3n) is 3.15. The van der Waals surface area contributed by atoms with E-state index in [-0.39, 0.29) is 5.56 Å². The zero-order valence-corrected chi connectivity index (χ0v) is 10.8. The van der Waals surface area contributed by atoms with Crippen molar-refractivity contribution in [1.82, 2.24) is 0 Å². The molecule has 0 saturated carbocycles. The molecule has 100 valence electrons. The maximum Gasteiger partial charge on any atom is 0.339 e. The predicted molar refractivity (Wildman–Crippen MR) is 75.2 cm³/mol. The van der Waals surface area contributed by atoms with Gasteiger partial charge in [0.2, 0.25) is 0 Å². The Bertz CT molecular complexity index is 769. The van der Waals surface area contributed by atoms with Gasteiger partial charge < -0.3 is 14.3 Å². The van der Waals surface area contributed by atoms with Crippen molar-refractivity contribution >= 4 is 16.9 Å². The molecule has 1 N–H and O–H groups in total. The number of methoxy groups -OCH3 is 1. The van der Waals surface area contributed by atoms with E-state index in [1.807, 2.05) is 36.4 Å². The molecular weight excluding hydrogens is 256 g/mol. The van der Waals surface area contributed by atoms with Crippen LogP contribution in [0.15, 0.2) is 52.9 Å². The summed E-state index contributed by atoms with van der Waals surface area (Å²) in [6, 6.07) is 14.3. The van der Waals surface area contributed by atoms with Gasteiger partial charge in [-0.2, -0.15) is 0 Å². The van der Waals surface area contributed by atoms with E-state index in [2.05, 4.69) is 0 Å². The number of aromatic carboxylic acids is 1. The molecule has 0 unspecified atom stereocenters. The highest BCUT2D eigenvalue weighted by Gasteiger charge is 2.13. The number of para-hydroxylation sites is 1. The maximum absolute atomic E-state index is 11.2. The van der Waals surface area contributed by atoms with Crippen molar-refractivity contribution in [2.45, 2.75) is 0 Å². The molecule has 0 aliphatic carbocycles. The second-order valence-electron chi connectivity index (χ2n) is 4.37. The summed E-state index contributed by atoms with van der Waals surface area (Å²) in [5, 5.41) is 9.93. The Balaban J connectivity index is 2.12. The van der Waals surface area contributed by atoms with E-state index in [9.17, 15) is 4.79 Å². The summed E-state index contributed by atoms with van der Waals surface area (Å²) < 4.78 is 10.8. The van der Waals surface area contributed by atoms with Crippen LogP contribution in [0.4, 0.5) is 0 Å². The Morgan fingerprint density at radius 3 is 2.55 bits per heavy atom. The van der Waals surface area contributed by atoms with E-state index in [1.54, 1.807) is 13.2 Å². The molecule has 1 heterocycles. The first-order valence-electron chi connectivity index (χ1n) is 6.09. The topological polar surface area (TPSA) is 59.7 Å². The van der Waals surface area contributed by atoms with E-state index in [0.29, 0.717) is 11.3 Å². The normalized spacial score (nSPS) is 10.7. The van der Waals surface area contributed by atoms with Crippen LogP contribution >= 0.6 is 0 Å². The summed E-state index contributed by atoms with van der Waals surface area (Å²) in [6.45, 7) is 0. The number of carbonyl (C=O) groups is 1. The van der Waals surface area contributed by atoms with Crippen LogP contribution < -0.4 is 4.74 Å². The van der Waals surface area contributed by atoms with Gasteiger partial charge in [0.15, 0.2) is 0 Å². The number of ether oxygens (including phenoxy) is 1. The fraction of sp³-hybridized carbons (Fsp3) is 0.0625. The highest BCUT2D eigenvalue weighted by atomic mass is 16.5. The molecule has 4 heteroatoms. The second-order valence-corrected chi connectivity index (χ2v) is 4.37. The molecule has 0 bridgehead atoms. The van der Waals surface area contributed by atoms with Crippen LogP contribution in [0, 0.1) is 0 Å². The molecule has 0 atom stereocenters. The number of hydrogen-bond acceptors (Lipinski definition) is 3. The molecule has 1 aromatic heterocycles. The summed E-state index contributed by atoms with van der Waals surface area (Å²) in [6.07, 6.45) is 0. The lowest BCUT2D eigenvalue weighted by atomic mass is 10.1. The molecule has 0 amide bonds. The molecule has 0 aliphatic rings. The zero-order chi connectivity index (χ0) is 14.1. The zero-order valence-electron chi connectivity index (χ0n) is 10.8. The van der Waals surface area contributed by atoms with E-state index in [4.69, 9.17) is 14.3 Å². The number of hydrogen-bond donors (Lipinski definition) is 1. The van der Waals surface area contributed by atoms with Crippen molar-refractivity contribution < 1.29 is 19.1 Å². The molecule has 20 heavy (non-hydrogen) atoms. The van der Waals surface area contributed by atoms with E-state index in [1.165, 1.54) is 6.07 Å². The van der Waals surface area contributed by atoms with Crippen LogP contribution in [0.25, 0.3) is 22.3 Å². The average Bonchev–Trinajstić information content (AvgIpc) is 2.90. The molecule has 0 aliphatic heterocycles. The summed E-state index contributed by atoms with van der Waals surface area (Å²) in [7, 11) is 1.61.